The summed E-state index contributed by atoms with van der Waals surface area (Å²) in [6, 6.07) is 23.5. The van der Waals surface area contributed by atoms with Gasteiger partial charge in [-0.3, -0.25) is 4.79 Å². The predicted octanol–water partition coefficient (Wildman–Crippen LogP) is 5.10. The van der Waals surface area contributed by atoms with Gasteiger partial charge in [0, 0.05) is 22.7 Å². The molecule has 0 bridgehead atoms. The Kier molecular flexibility index (Phi) is 5.98. The van der Waals surface area contributed by atoms with Crippen LogP contribution in [-0.2, 0) is 9.53 Å². The minimum atomic E-state index is -1.13. The molecule has 0 saturated heterocycles. The molecule has 4 rings (SSSR count). The Morgan fingerprint density at radius 1 is 0.935 bits per heavy atom. The summed E-state index contributed by atoms with van der Waals surface area (Å²) in [5.41, 5.74) is 2.28. The molecule has 0 aliphatic heterocycles. The number of carbonyl (C=O) groups is 2. The smallest absolute Gasteiger partial charge is 0.341 e. The van der Waals surface area contributed by atoms with Gasteiger partial charge in [0.25, 0.3) is 5.91 Å². The molecule has 0 radical (unpaired) electrons. The number of benzene rings is 3. The summed E-state index contributed by atoms with van der Waals surface area (Å²) in [4.78, 5) is 29.2. The van der Waals surface area contributed by atoms with Crippen LogP contribution in [0.2, 0.25) is 0 Å². The number of ether oxygens (including phenoxy) is 2. The van der Waals surface area contributed by atoms with Crippen LogP contribution in [0.1, 0.15) is 28.9 Å². The van der Waals surface area contributed by atoms with Gasteiger partial charge in [-0.1, -0.05) is 60.7 Å². The number of para-hydroxylation sites is 3. The number of carbonyl (C=O) groups excluding carboxylic acids is 2. The van der Waals surface area contributed by atoms with Crippen molar-refractivity contribution in [3.63, 3.8) is 0 Å². The van der Waals surface area contributed by atoms with Gasteiger partial charge >= 0.3 is 5.97 Å². The van der Waals surface area contributed by atoms with E-state index in [2.05, 4.69) is 10.3 Å². The number of aromatic amines is 1. The average molecular weight is 414 g/mol. The molecule has 1 amide bonds. The van der Waals surface area contributed by atoms with Crippen LogP contribution in [0.15, 0.2) is 85.1 Å². The molecule has 1 aromatic heterocycles. The van der Waals surface area contributed by atoms with E-state index in [-0.39, 0.29) is 0 Å². The Morgan fingerprint density at radius 3 is 2.45 bits per heavy atom. The van der Waals surface area contributed by atoms with Crippen LogP contribution in [0.5, 0.6) is 5.75 Å². The van der Waals surface area contributed by atoms with Gasteiger partial charge in [0.05, 0.1) is 17.9 Å². The second-order valence-electron chi connectivity index (χ2n) is 6.86. The number of fused-ring (bicyclic) bond motifs is 1. The van der Waals surface area contributed by atoms with Crippen molar-refractivity contribution >= 4 is 28.5 Å². The normalized spacial score (nSPS) is 11.6. The second-order valence-corrected chi connectivity index (χ2v) is 6.86. The molecule has 6 nitrogen and oxygen atoms in total. The summed E-state index contributed by atoms with van der Waals surface area (Å²) in [5.74, 6) is -0.501. The number of amides is 1. The van der Waals surface area contributed by atoms with E-state index in [0.717, 1.165) is 10.9 Å². The summed E-state index contributed by atoms with van der Waals surface area (Å²) in [5, 5.41) is 3.57. The van der Waals surface area contributed by atoms with Crippen LogP contribution < -0.4 is 10.1 Å². The maximum atomic E-state index is 13.2. The fraction of sp³-hybridized carbons (Fsp3) is 0.120. The van der Waals surface area contributed by atoms with Crippen LogP contribution in [0.3, 0.4) is 0 Å². The van der Waals surface area contributed by atoms with Gasteiger partial charge in [0.15, 0.2) is 0 Å². The van der Waals surface area contributed by atoms with Gasteiger partial charge in [0.1, 0.15) is 5.75 Å². The number of anilines is 1. The van der Waals surface area contributed by atoms with E-state index >= 15 is 0 Å². The van der Waals surface area contributed by atoms with Gasteiger partial charge < -0.3 is 19.8 Å². The molecule has 1 atom stereocenters. The molecule has 0 unspecified atom stereocenters. The van der Waals surface area contributed by atoms with Crippen LogP contribution in [0, 0.1) is 0 Å². The minimum absolute atomic E-state index is 0.374. The number of esters is 1. The highest BCUT2D eigenvalue weighted by atomic mass is 16.5. The van der Waals surface area contributed by atoms with E-state index in [1.54, 1.807) is 48.7 Å². The fourth-order valence-corrected chi connectivity index (χ4v) is 3.36. The molecule has 0 aliphatic rings. The highest BCUT2D eigenvalue weighted by molar-refractivity contribution is 6.05. The van der Waals surface area contributed by atoms with E-state index in [4.69, 9.17) is 9.47 Å². The summed E-state index contributed by atoms with van der Waals surface area (Å²) in [6.07, 6.45) is 0.467. The average Bonchev–Trinajstić information content (AvgIpc) is 3.24. The lowest BCUT2D eigenvalue weighted by Crippen LogP contribution is -2.26. The highest BCUT2D eigenvalue weighted by Gasteiger charge is 2.27. The lowest BCUT2D eigenvalue weighted by molar-refractivity contribution is -0.125. The van der Waals surface area contributed by atoms with Gasteiger partial charge in [-0.2, -0.15) is 0 Å². The third kappa shape index (κ3) is 4.43. The van der Waals surface area contributed by atoms with Crippen molar-refractivity contribution in [2.75, 3.05) is 11.9 Å². The first kappa shape index (κ1) is 20.2. The van der Waals surface area contributed by atoms with Crippen LogP contribution >= 0.6 is 0 Å². The second kappa shape index (κ2) is 9.17. The van der Waals surface area contributed by atoms with Crippen molar-refractivity contribution in [3.8, 4) is 5.75 Å². The number of nitrogens with one attached hydrogen (secondary N) is 2. The van der Waals surface area contributed by atoms with Crippen molar-refractivity contribution < 1.29 is 19.1 Å². The van der Waals surface area contributed by atoms with Crippen molar-refractivity contribution in [1.29, 1.82) is 0 Å². The standard InChI is InChI=1S/C25H22N2O4/c1-2-30-22-15-9-8-14-21(22)27-24(28)23(17-10-4-3-5-11-17)31-25(29)19-16-26-20-13-7-6-12-18(19)20/h3-16,23,26H,2H2,1H3,(H,27,28)/t23-/m0/s1. The summed E-state index contributed by atoms with van der Waals surface area (Å²) >= 11 is 0. The minimum Gasteiger partial charge on any atom is -0.492 e. The van der Waals surface area contributed by atoms with E-state index in [1.807, 2.05) is 43.3 Å². The Bertz CT molecular complexity index is 1200. The molecule has 31 heavy (non-hydrogen) atoms. The fourth-order valence-electron chi connectivity index (χ4n) is 3.36. The molecule has 1 heterocycles. The molecule has 3 aromatic carbocycles. The molecule has 0 saturated carbocycles. The third-order valence-electron chi connectivity index (χ3n) is 4.82. The molecular formula is C25H22N2O4. The monoisotopic (exact) mass is 414 g/mol. The van der Waals surface area contributed by atoms with E-state index in [0.29, 0.717) is 29.2 Å². The van der Waals surface area contributed by atoms with E-state index < -0.39 is 18.0 Å². The van der Waals surface area contributed by atoms with Crippen LogP contribution in [0.4, 0.5) is 5.69 Å². The first-order valence-electron chi connectivity index (χ1n) is 10.0. The van der Waals surface area contributed by atoms with Crippen molar-refractivity contribution in [1.82, 2.24) is 4.98 Å². The molecule has 0 aliphatic carbocycles. The quantitative estimate of drug-likeness (QED) is 0.412. The van der Waals surface area contributed by atoms with Crippen LogP contribution in [0.25, 0.3) is 10.9 Å². The predicted molar refractivity (Wildman–Crippen MR) is 119 cm³/mol. The summed E-state index contributed by atoms with van der Waals surface area (Å²) in [7, 11) is 0. The topological polar surface area (TPSA) is 80.4 Å². The maximum Gasteiger partial charge on any atom is 0.341 e. The van der Waals surface area contributed by atoms with E-state index in [1.165, 1.54) is 0 Å². The number of H-pyrrole nitrogens is 1. The van der Waals surface area contributed by atoms with Crippen molar-refractivity contribution in [3.05, 3.63) is 96.2 Å². The van der Waals surface area contributed by atoms with E-state index in [9.17, 15) is 9.59 Å². The highest BCUT2D eigenvalue weighted by Crippen LogP contribution is 2.28. The third-order valence-corrected chi connectivity index (χ3v) is 4.82. The lowest BCUT2D eigenvalue weighted by Gasteiger charge is -2.19. The molecule has 6 heteroatoms. The zero-order chi connectivity index (χ0) is 21.6. The van der Waals surface area contributed by atoms with Crippen molar-refractivity contribution in [2.24, 2.45) is 0 Å². The zero-order valence-corrected chi connectivity index (χ0v) is 17.0. The molecule has 4 aromatic rings. The number of hydrogen-bond donors (Lipinski definition) is 2. The molecule has 2 N–H and O–H groups in total. The number of hydrogen-bond acceptors (Lipinski definition) is 4. The molecule has 0 fully saturated rings. The van der Waals surface area contributed by atoms with Gasteiger partial charge in [-0.05, 0) is 25.1 Å². The number of rotatable bonds is 7. The Hall–Kier alpha value is -4.06. The summed E-state index contributed by atoms with van der Waals surface area (Å²) in [6.45, 7) is 2.33. The molecular weight excluding hydrogens is 392 g/mol. The van der Waals surface area contributed by atoms with Crippen molar-refractivity contribution in [2.45, 2.75) is 13.0 Å². The zero-order valence-electron chi connectivity index (χ0n) is 17.0. The first-order chi connectivity index (χ1) is 15.2. The Balaban J connectivity index is 1.62. The Labute approximate surface area is 179 Å². The van der Waals surface area contributed by atoms with Gasteiger partial charge in [-0.15, -0.1) is 0 Å². The SMILES string of the molecule is CCOc1ccccc1NC(=O)[C@@H](OC(=O)c1c[nH]c2ccccc12)c1ccccc1. The molecule has 156 valence electrons. The van der Waals surface area contributed by atoms with Crippen LogP contribution in [-0.4, -0.2) is 23.5 Å². The van der Waals surface area contributed by atoms with Gasteiger partial charge in [-0.25, -0.2) is 4.79 Å². The maximum absolute atomic E-state index is 13.2. The summed E-state index contributed by atoms with van der Waals surface area (Å²) < 4.78 is 11.3. The lowest BCUT2D eigenvalue weighted by atomic mass is 10.1. The number of aromatic nitrogens is 1. The Morgan fingerprint density at radius 2 is 1.65 bits per heavy atom. The largest absolute Gasteiger partial charge is 0.492 e. The molecule has 0 spiro atoms. The first-order valence-corrected chi connectivity index (χ1v) is 10.0. The van der Waals surface area contributed by atoms with Gasteiger partial charge in [0.2, 0.25) is 6.10 Å².